The van der Waals surface area contributed by atoms with E-state index in [1.54, 1.807) is 35.4 Å². The maximum atomic E-state index is 13.6. The first-order valence-electron chi connectivity index (χ1n) is 12.0. The number of aromatic nitrogens is 1. The average molecular weight is 514 g/mol. The Morgan fingerprint density at radius 1 is 0.838 bits per heavy atom. The van der Waals surface area contributed by atoms with Gasteiger partial charge in [-0.25, -0.2) is 0 Å². The van der Waals surface area contributed by atoms with E-state index in [1.165, 1.54) is 0 Å². The highest BCUT2D eigenvalue weighted by Crippen LogP contribution is 2.18. The predicted octanol–water partition coefficient (Wildman–Crippen LogP) is 5.07. The highest BCUT2D eigenvalue weighted by Gasteiger charge is 2.30. The summed E-state index contributed by atoms with van der Waals surface area (Å²) in [5.41, 5.74) is 2.53. The summed E-state index contributed by atoms with van der Waals surface area (Å²) in [5.74, 6) is 0.0192. The van der Waals surface area contributed by atoms with Crippen LogP contribution in [0.1, 0.15) is 16.8 Å². The molecular weight excluding hydrogens is 486 g/mol. The van der Waals surface area contributed by atoms with Crippen molar-refractivity contribution in [1.29, 1.82) is 0 Å². The molecule has 6 nitrogen and oxygen atoms in total. The van der Waals surface area contributed by atoms with Gasteiger partial charge in [-0.15, -0.1) is 0 Å². The number of hydrogen-bond donors (Lipinski definition) is 1. The van der Waals surface area contributed by atoms with Crippen molar-refractivity contribution in [3.63, 3.8) is 0 Å². The largest absolute Gasteiger partial charge is 0.484 e. The number of rotatable bonds is 11. The first kappa shape index (κ1) is 25.9. The molecule has 0 saturated carbocycles. The van der Waals surface area contributed by atoms with Gasteiger partial charge in [0.05, 0.1) is 12.2 Å². The molecule has 188 valence electrons. The standard InChI is InChI=1S/C30H28ClN3O3/c31-25-16-14-24(15-17-25)21-34(29(35)22-37-27-12-5-2-6-13-27)28(19-23-9-3-1-4-10-23)30(36)33-20-26-11-7-8-18-32-26/h1-18,28H,19-22H2,(H,33,36). The van der Waals surface area contributed by atoms with Crippen molar-refractivity contribution in [2.45, 2.75) is 25.6 Å². The molecule has 0 saturated heterocycles. The maximum absolute atomic E-state index is 13.6. The number of ether oxygens (including phenoxy) is 1. The zero-order valence-electron chi connectivity index (χ0n) is 20.3. The third kappa shape index (κ3) is 7.92. The molecule has 4 rings (SSSR count). The molecule has 0 bridgehead atoms. The van der Waals surface area contributed by atoms with E-state index < -0.39 is 6.04 Å². The molecular formula is C30H28ClN3O3. The van der Waals surface area contributed by atoms with E-state index in [2.05, 4.69) is 10.3 Å². The Morgan fingerprint density at radius 3 is 2.19 bits per heavy atom. The Labute approximate surface area is 221 Å². The van der Waals surface area contributed by atoms with Crippen LogP contribution in [0, 0.1) is 0 Å². The molecule has 0 aliphatic carbocycles. The Bertz CT molecular complexity index is 1270. The normalized spacial score (nSPS) is 11.4. The molecule has 0 fully saturated rings. The highest BCUT2D eigenvalue weighted by molar-refractivity contribution is 6.30. The maximum Gasteiger partial charge on any atom is 0.261 e. The van der Waals surface area contributed by atoms with Crippen molar-refractivity contribution in [3.05, 3.63) is 131 Å². The molecule has 1 heterocycles. The van der Waals surface area contributed by atoms with Crippen molar-refractivity contribution < 1.29 is 14.3 Å². The van der Waals surface area contributed by atoms with E-state index in [-0.39, 0.29) is 31.5 Å². The fourth-order valence-electron chi connectivity index (χ4n) is 3.88. The molecule has 4 aromatic rings. The number of hydrogen-bond acceptors (Lipinski definition) is 4. The molecule has 7 heteroatoms. The van der Waals surface area contributed by atoms with Crippen LogP contribution in [-0.2, 0) is 29.1 Å². The van der Waals surface area contributed by atoms with Gasteiger partial charge in [0.1, 0.15) is 11.8 Å². The van der Waals surface area contributed by atoms with Gasteiger partial charge < -0.3 is 15.0 Å². The van der Waals surface area contributed by atoms with Gasteiger partial charge in [0.15, 0.2) is 6.61 Å². The fourth-order valence-corrected chi connectivity index (χ4v) is 4.01. The van der Waals surface area contributed by atoms with Gasteiger partial charge in [-0.2, -0.15) is 0 Å². The summed E-state index contributed by atoms with van der Waals surface area (Å²) in [7, 11) is 0. The van der Waals surface area contributed by atoms with Gasteiger partial charge in [0.25, 0.3) is 5.91 Å². The van der Waals surface area contributed by atoms with Crippen LogP contribution in [0.25, 0.3) is 0 Å². The smallest absolute Gasteiger partial charge is 0.261 e. The van der Waals surface area contributed by atoms with Crippen molar-refractivity contribution in [3.8, 4) is 5.75 Å². The van der Waals surface area contributed by atoms with Crippen LogP contribution >= 0.6 is 11.6 Å². The van der Waals surface area contributed by atoms with Crippen molar-refractivity contribution in [2.75, 3.05) is 6.61 Å². The number of halogens is 1. The third-order valence-electron chi connectivity index (χ3n) is 5.81. The van der Waals surface area contributed by atoms with Gasteiger partial charge in [-0.3, -0.25) is 14.6 Å². The van der Waals surface area contributed by atoms with Gasteiger partial charge >= 0.3 is 0 Å². The third-order valence-corrected chi connectivity index (χ3v) is 6.06. The molecule has 0 spiro atoms. The van der Waals surface area contributed by atoms with Gasteiger partial charge in [-0.1, -0.05) is 78.3 Å². The van der Waals surface area contributed by atoms with E-state index in [0.29, 0.717) is 17.2 Å². The first-order valence-corrected chi connectivity index (χ1v) is 12.4. The number of nitrogens with zero attached hydrogens (tertiary/aromatic N) is 2. The topological polar surface area (TPSA) is 71.5 Å². The van der Waals surface area contributed by atoms with E-state index in [1.807, 2.05) is 78.9 Å². The molecule has 1 unspecified atom stereocenters. The van der Waals surface area contributed by atoms with Crippen molar-refractivity contribution in [1.82, 2.24) is 15.2 Å². The van der Waals surface area contributed by atoms with Gasteiger partial charge in [0.2, 0.25) is 5.91 Å². The summed E-state index contributed by atoms with van der Waals surface area (Å²) in [5, 5.41) is 3.57. The lowest BCUT2D eigenvalue weighted by Crippen LogP contribution is -2.51. The number of amides is 2. The van der Waals surface area contributed by atoms with Crippen LogP contribution in [0.15, 0.2) is 109 Å². The monoisotopic (exact) mass is 513 g/mol. The summed E-state index contributed by atoms with van der Waals surface area (Å²) in [4.78, 5) is 33.0. The molecule has 0 aliphatic rings. The quantitative estimate of drug-likeness (QED) is 0.304. The Morgan fingerprint density at radius 2 is 1.51 bits per heavy atom. The number of carbonyl (C=O) groups excluding carboxylic acids is 2. The number of nitrogens with one attached hydrogen (secondary N) is 1. The van der Waals surface area contributed by atoms with Gasteiger partial charge in [0, 0.05) is 24.2 Å². The summed E-state index contributed by atoms with van der Waals surface area (Å²) >= 11 is 6.08. The van der Waals surface area contributed by atoms with Crippen LogP contribution < -0.4 is 10.1 Å². The minimum Gasteiger partial charge on any atom is -0.484 e. The lowest BCUT2D eigenvalue weighted by Gasteiger charge is -2.31. The first-order chi connectivity index (χ1) is 18.1. The fraction of sp³-hybridized carbons (Fsp3) is 0.167. The lowest BCUT2D eigenvalue weighted by molar-refractivity contribution is -0.142. The molecule has 37 heavy (non-hydrogen) atoms. The Kier molecular flexibility index (Phi) is 9.27. The second kappa shape index (κ2) is 13.2. The summed E-state index contributed by atoms with van der Waals surface area (Å²) in [6, 6.07) is 30.8. The van der Waals surface area contributed by atoms with Crippen LogP contribution in [0.3, 0.4) is 0 Å². The number of pyridine rings is 1. The Hall–Kier alpha value is -4.16. The lowest BCUT2D eigenvalue weighted by atomic mass is 10.0. The summed E-state index contributed by atoms with van der Waals surface area (Å²) in [6.45, 7) is 0.285. The zero-order chi connectivity index (χ0) is 25.9. The molecule has 1 N–H and O–H groups in total. The molecule has 2 amide bonds. The van der Waals surface area contributed by atoms with E-state index >= 15 is 0 Å². The molecule has 0 radical (unpaired) electrons. The van der Waals surface area contributed by atoms with E-state index in [4.69, 9.17) is 16.3 Å². The zero-order valence-corrected chi connectivity index (χ0v) is 21.1. The van der Waals surface area contributed by atoms with E-state index in [9.17, 15) is 9.59 Å². The van der Waals surface area contributed by atoms with Gasteiger partial charge in [-0.05, 0) is 47.5 Å². The van der Waals surface area contributed by atoms with Crippen molar-refractivity contribution >= 4 is 23.4 Å². The Balaban J connectivity index is 1.60. The number of benzene rings is 3. The number of carbonyl (C=O) groups is 2. The highest BCUT2D eigenvalue weighted by atomic mass is 35.5. The summed E-state index contributed by atoms with van der Waals surface area (Å²) < 4.78 is 5.76. The van der Waals surface area contributed by atoms with Crippen LogP contribution in [-0.4, -0.2) is 34.3 Å². The average Bonchev–Trinajstić information content (AvgIpc) is 2.95. The predicted molar refractivity (Wildman–Crippen MR) is 144 cm³/mol. The van der Waals surface area contributed by atoms with Crippen LogP contribution in [0.2, 0.25) is 5.02 Å². The SMILES string of the molecule is O=C(NCc1ccccn1)C(Cc1ccccc1)N(Cc1ccc(Cl)cc1)C(=O)COc1ccccc1. The minimum absolute atomic E-state index is 0.198. The van der Waals surface area contributed by atoms with E-state index in [0.717, 1.165) is 16.8 Å². The number of para-hydroxylation sites is 1. The molecule has 3 aromatic carbocycles. The molecule has 1 aromatic heterocycles. The minimum atomic E-state index is -0.770. The van der Waals surface area contributed by atoms with Crippen molar-refractivity contribution in [2.24, 2.45) is 0 Å². The summed E-state index contributed by atoms with van der Waals surface area (Å²) in [6.07, 6.45) is 2.03. The van der Waals surface area contributed by atoms with Crippen LogP contribution in [0.4, 0.5) is 0 Å². The second-order valence-electron chi connectivity index (χ2n) is 8.49. The molecule has 0 aliphatic heterocycles. The second-order valence-corrected chi connectivity index (χ2v) is 8.93. The molecule has 1 atom stereocenters. The van der Waals surface area contributed by atoms with Crippen LogP contribution in [0.5, 0.6) is 5.75 Å².